The Kier molecular flexibility index (Phi) is 3.26. The Balaban J connectivity index is 2.24. The SMILES string of the molecule is NCCNCc1[nH]c2ccccc2c1Cl. The summed E-state index contributed by atoms with van der Waals surface area (Å²) in [4.78, 5) is 3.29. The predicted octanol–water partition coefficient (Wildman–Crippen LogP) is 1.87. The molecule has 2 rings (SSSR count). The molecule has 0 aliphatic heterocycles. The second-order valence-electron chi connectivity index (χ2n) is 3.43. The van der Waals surface area contributed by atoms with Crippen molar-refractivity contribution in [2.45, 2.75) is 6.54 Å². The van der Waals surface area contributed by atoms with Crippen LogP contribution in [-0.4, -0.2) is 18.1 Å². The molecular weight excluding hydrogens is 210 g/mol. The molecule has 0 unspecified atom stereocenters. The summed E-state index contributed by atoms with van der Waals surface area (Å²) in [6.45, 7) is 2.16. The van der Waals surface area contributed by atoms with Gasteiger partial charge in [-0.15, -0.1) is 0 Å². The molecule has 80 valence electrons. The van der Waals surface area contributed by atoms with Crippen molar-refractivity contribution in [1.29, 1.82) is 0 Å². The average Bonchev–Trinajstić information content (AvgIpc) is 2.57. The van der Waals surface area contributed by atoms with Crippen molar-refractivity contribution >= 4 is 22.5 Å². The second-order valence-corrected chi connectivity index (χ2v) is 3.81. The average molecular weight is 224 g/mol. The largest absolute Gasteiger partial charge is 0.356 e. The van der Waals surface area contributed by atoms with Gasteiger partial charge in [0, 0.05) is 36.2 Å². The Morgan fingerprint density at radius 1 is 1.33 bits per heavy atom. The number of hydrogen-bond donors (Lipinski definition) is 3. The molecule has 0 bridgehead atoms. The minimum Gasteiger partial charge on any atom is -0.356 e. The van der Waals surface area contributed by atoms with Gasteiger partial charge in [-0.2, -0.15) is 0 Å². The van der Waals surface area contributed by atoms with Crippen LogP contribution in [0.1, 0.15) is 5.69 Å². The summed E-state index contributed by atoms with van der Waals surface area (Å²) in [5.41, 5.74) is 7.50. The van der Waals surface area contributed by atoms with Crippen LogP contribution in [-0.2, 0) is 6.54 Å². The Morgan fingerprint density at radius 2 is 2.13 bits per heavy atom. The van der Waals surface area contributed by atoms with E-state index in [2.05, 4.69) is 10.3 Å². The molecule has 3 nitrogen and oxygen atoms in total. The first-order valence-electron chi connectivity index (χ1n) is 4.99. The molecule has 0 saturated carbocycles. The summed E-state index contributed by atoms with van der Waals surface area (Å²) in [6, 6.07) is 8.01. The number of aromatic amines is 1. The van der Waals surface area contributed by atoms with Crippen molar-refractivity contribution in [2.75, 3.05) is 13.1 Å². The van der Waals surface area contributed by atoms with Gasteiger partial charge in [-0.1, -0.05) is 29.8 Å². The maximum Gasteiger partial charge on any atom is 0.0705 e. The van der Waals surface area contributed by atoms with E-state index in [9.17, 15) is 0 Å². The summed E-state index contributed by atoms with van der Waals surface area (Å²) < 4.78 is 0. The fraction of sp³-hybridized carbons (Fsp3) is 0.273. The lowest BCUT2D eigenvalue weighted by molar-refractivity contribution is 0.686. The fourth-order valence-electron chi connectivity index (χ4n) is 1.60. The molecule has 15 heavy (non-hydrogen) atoms. The molecule has 1 heterocycles. The maximum absolute atomic E-state index is 6.23. The minimum absolute atomic E-state index is 0.637. The number of aromatic nitrogens is 1. The van der Waals surface area contributed by atoms with E-state index in [1.807, 2.05) is 24.3 Å². The monoisotopic (exact) mass is 223 g/mol. The summed E-state index contributed by atoms with van der Waals surface area (Å²) in [5, 5.41) is 5.09. The highest BCUT2D eigenvalue weighted by atomic mass is 35.5. The number of nitrogens with two attached hydrogens (primary N) is 1. The number of rotatable bonds is 4. The van der Waals surface area contributed by atoms with Crippen molar-refractivity contribution in [3.8, 4) is 0 Å². The predicted molar refractivity (Wildman–Crippen MR) is 64.1 cm³/mol. The van der Waals surface area contributed by atoms with Crippen LogP contribution >= 0.6 is 11.6 Å². The van der Waals surface area contributed by atoms with Gasteiger partial charge in [-0.25, -0.2) is 0 Å². The van der Waals surface area contributed by atoms with Crippen molar-refractivity contribution < 1.29 is 0 Å². The quantitative estimate of drug-likeness (QED) is 0.694. The number of fused-ring (bicyclic) bond motifs is 1. The van der Waals surface area contributed by atoms with Gasteiger partial charge in [0.05, 0.1) is 5.02 Å². The van der Waals surface area contributed by atoms with Gasteiger partial charge in [0.1, 0.15) is 0 Å². The van der Waals surface area contributed by atoms with Gasteiger partial charge >= 0.3 is 0 Å². The van der Waals surface area contributed by atoms with Crippen LogP contribution in [0.15, 0.2) is 24.3 Å². The molecule has 0 aliphatic rings. The zero-order valence-corrected chi connectivity index (χ0v) is 9.14. The van der Waals surface area contributed by atoms with E-state index in [1.54, 1.807) is 0 Å². The fourth-order valence-corrected chi connectivity index (χ4v) is 1.88. The molecule has 1 aromatic carbocycles. The van der Waals surface area contributed by atoms with Crippen molar-refractivity contribution in [3.05, 3.63) is 35.0 Å². The summed E-state index contributed by atoms with van der Waals surface area (Å²) in [6.07, 6.45) is 0. The van der Waals surface area contributed by atoms with Crippen LogP contribution in [0.3, 0.4) is 0 Å². The standard InChI is InChI=1S/C11H14ClN3/c12-11-8-3-1-2-4-9(8)15-10(11)7-14-6-5-13/h1-4,14-15H,5-7,13H2. The van der Waals surface area contributed by atoms with Gasteiger partial charge in [0.15, 0.2) is 0 Å². The van der Waals surface area contributed by atoms with E-state index in [4.69, 9.17) is 17.3 Å². The third kappa shape index (κ3) is 2.15. The molecule has 0 atom stereocenters. The normalized spacial score (nSPS) is 11.1. The van der Waals surface area contributed by atoms with Crippen LogP contribution in [0, 0.1) is 0 Å². The molecule has 0 radical (unpaired) electrons. The van der Waals surface area contributed by atoms with E-state index < -0.39 is 0 Å². The van der Waals surface area contributed by atoms with E-state index in [0.717, 1.165) is 34.7 Å². The third-order valence-corrected chi connectivity index (χ3v) is 2.77. The summed E-state index contributed by atoms with van der Waals surface area (Å²) in [7, 11) is 0. The van der Waals surface area contributed by atoms with Crippen molar-refractivity contribution in [1.82, 2.24) is 10.3 Å². The molecule has 0 amide bonds. The lowest BCUT2D eigenvalue weighted by atomic mass is 10.2. The van der Waals surface area contributed by atoms with Crippen LogP contribution in [0.4, 0.5) is 0 Å². The molecule has 4 heteroatoms. The van der Waals surface area contributed by atoms with Gasteiger partial charge in [-0.05, 0) is 6.07 Å². The Bertz CT molecular complexity index is 450. The first-order valence-corrected chi connectivity index (χ1v) is 5.36. The number of halogens is 1. The first-order chi connectivity index (χ1) is 7.33. The molecule has 4 N–H and O–H groups in total. The van der Waals surface area contributed by atoms with Crippen molar-refractivity contribution in [3.63, 3.8) is 0 Å². The summed E-state index contributed by atoms with van der Waals surface area (Å²) >= 11 is 6.23. The van der Waals surface area contributed by atoms with Crippen LogP contribution in [0.25, 0.3) is 10.9 Å². The number of benzene rings is 1. The Morgan fingerprint density at radius 3 is 2.87 bits per heavy atom. The van der Waals surface area contributed by atoms with Crippen LogP contribution < -0.4 is 11.1 Å². The molecule has 0 saturated heterocycles. The highest BCUT2D eigenvalue weighted by Gasteiger charge is 2.07. The van der Waals surface area contributed by atoms with Crippen LogP contribution in [0.2, 0.25) is 5.02 Å². The molecule has 1 aromatic heterocycles. The van der Waals surface area contributed by atoms with E-state index in [0.29, 0.717) is 6.54 Å². The zero-order valence-electron chi connectivity index (χ0n) is 8.39. The Hall–Kier alpha value is -1.03. The van der Waals surface area contributed by atoms with Crippen molar-refractivity contribution in [2.24, 2.45) is 5.73 Å². The topological polar surface area (TPSA) is 53.8 Å². The zero-order chi connectivity index (χ0) is 10.7. The molecule has 2 aromatic rings. The lowest BCUT2D eigenvalue weighted by Gasteiger charge is -2.00. The molecule has 0 aliphatic carbocycles. The second kappa shape index (κ2) is 4.66. The maximum atomic E-state index is 6.23. The van der Waals surface area contributed by atoms with Gasteiger partial charge in [0.2, 0.25) is 0 Å². The number of para-hydroxylation sites is 1. The van der Waals surface area contributed by atoms with Gasteiger partial charge < -0.3 is 16.0 Å². The molecule has 0 fully saturated rings. The van der Waals surface area contributed by atoms with Gasteiger partial charge in [0.25, 0.3) is 0 Å². The third-order valence-electron chi connectivity index (χ3n) is 2.34. The molecular formula is C11H14ClN3. The van der Waals surface area contributed by atoms with Crippen LogP contribution in [0.5, 0.6) is 0 Å². The first kappa shape index (κ1) is 10.5. The van der Waals surface area contributed by atoms with Gasteiger partial charge in [-0.3, -0.25) is 0 Å². The number of hydrogen-bond acceptors (Lipinski definition) is 2. The smallest absolute Gasteiger partial charge is 0.0705 e. The summed E-state index contributed by atoms with van der Waals surface area (Å²) in [5.74, 6) is 0. The lowest BCUT2D eigenvalue weighted by Crippen LogP contribution is -2.22. The van der Waals surface area contributed by atoms with E-state index in [1.165, 1.54) is 0 Å². The van der Waals surface area contributed by atoms with E-state index in [-0.39, 0.29) is 0 Å². The minimum atomic E-state index is 0.637. The highest BCUT2D eigenvalue weighted by Crippen LogP contribution is 2.26. The molecule has 0 spiro atoms. The highest BCUT2D eigenvalue weighted by molar-refractivity contribution is 6.36. The number of nitrogens with one attached hydrogen (secondary N) is 2. The van der Waals surface area contributed by atoms with E-state index >= 15 is 0 Å². The Labute approximate surface area is 93.6 Å². The number of H-pyrrole nitrogens is 1.